The summed E-state index contributed by atoms with van der Waals surface area (Å²) in [5.41, 5.74) is 0.760. The molecule has 2 nitrogen and oxygen atoms in total. The largest absolute Gasteiger partial charge is 0.287 e. The van der Waals surface area contributed by atoms with Crippen LogP contribution >= 0.6 is 0 Å². The van der Waals surface area contributed by atoms with E-state index in [2.05, 4.69) is 4.98 Å². The number of carbonyl (C=O) groups is 1. The van der Waals surface area contributed by atoms with Crippen molar-refractivity contribution >= 4 is 5.78 Å². The first kappa shape index (κ1) is 11.4. The predicted molar refractivity (Wildman–Crippen MR) is 58.8 cm³/mol. The Bertz CT molecular complexity index is 564. The Balaban J connectivity index is 2.37. The molecule has 0 aliphatic rings. The Labute approximate surface area is 96.9 Å². The number of ketones is 1. The van der Waals surface area contributed by atoms with Crippen molar-refractivity contribution in [1.82, 2.24) is 4.98 Å². The van der Waals surface area contributed by atoms with Crippen molar-refractivity contribution in [2.24, 2.45) is 0 Å². The van der Waals surface area contributed by atoms with Crippen LogP contribution in [0.5, 0.6) is 0 Å². The van der Waals surface area contributed by atoms with Crippen molar-refractivity contribution in [2.75, 3.05) is 0 Å². The van der Waals surface area contributed by atoms with Crippen LogP contribution < -0.4 is 0 Å². The van der Waals surface area contributed by atoms with E-state index in [4.69, 9.17) is 0 Å². The third-order valence-corrected chi connectivity index (χ3v) is 2.39. The lowest BCUT2D eigenvalue weighted by atomic mass is 10.1. The van der Waals surface area contributed by atoms with Crippen LogP contribution in [0.15, 0.2) is 36.5 Å². The molecular weight excluding hydrogens is 224 g/mol. The van der Waals surface area contributed by atoms with Gasteiger partial charge in [-0.15, -0.1) is 0 Å². The van der Waals surface area contributed by atoms with Gasteiger partial charge in [-0.05, 0) is 30.7 Å². The normalized spacial score (nSPS) is 10.3. The smallest absolute Gasteiger partial charge is 0.211 e. The van der Waals surface area contributed by atoms with Gasteiger partial charge in [0.15, 0.2) is 0 Å². The zero-order valence-corrected chi connectivity index (χ0v) is 9.08. The van der Waals surface area contributed by atoms with Crippen LogP contribution in [-0.4, -0.2) is 10.8 Å². The Morgan fingerprint density at radius 2 is 1.94 bits per heavy atom. The molecule has 0 spiro atoms. The standard InChI is InChI=1S/C13H9F2NO/c1-8-2-3-9(6-11(8)15)13(17)12-5-4-10(14)7-16-12/h2-7H,1H3. The number of hydrogen-bond acceptors (Lipinski definition) is 2. The zero-order chi connectivity index (χ0) is 12.4. The van der Waals surface area contributed by atoms with E-state index in [1.54, 1.807) is 6.92 Å². The molecule has 4 heteroatoms. The fourth-order valence-corrected chi connectivity index (χ4v) is 1.39. The lowest BCUT2D eigenvalue weighted by Crippen LogP contribution is -2.04. The first-order valence-corrected chi connectivity index (χ1v) is 5.00. The Morgan fingerprint density at radius 3 is 2.53 bits per heavy atom. The van der Waals surface area contributed by atoms with Crippen LogP contribution in [0.25, 0.3) is 0 Å². The van der Waals surface area contributed by atoms with Crippen molar-refractivity contribution in [3.05, 3.63) is 65.0 Å². The minimum atomic E-state index is -0.517. The summed E-state index contributed by atoms with van der Waals surface area (Å²) in [5.74, 6) is -1.39. The van der Waals surface area contributed by atoms with Crippen LogP contribution in [0.2, 0.25) is 0 Å². The minimum Gasteiger partial charge on any atom is -0.287 e. The van der Waals surface area contributed by atoms with Crippen LogP contribution in [0.1, 0.15) is 21.6 Å². The number of carbonyl (C=O) groups excluding carboxylic acids is 1. The lowest BCUT2D eigenvalue weighted by molar-refractivity contribution is 0.103. The molecule has 2 aromatic rings. The van der Waals surface area contributed by atoms with Crippen molar-refractivity contribution in [3.63, 3.8) is 0 Å². The van der Waals surface area contributed by atoms with Crippen molar-refractivity contribution in [1.29, 1.82) is 0 Å². The van der Waals surface area contributed by atoms with Gasteiger partial charge in [-0.1, -0.05) is 12.1 Å². The van der Waals surface area contributed by atoms with Gasteiger partial charge in [0.25, 0.3) is 0 Å². The van der Waals surface area contributed by atoms with E-state index >= 15 is 0 Å². The summed E-state index contributed by atoms with van der Waals surface area (Å²) in [7, 11) is 0. The molecule has 0 amide bonds. The van der Waals surface area contributed by atoms with Gasteiger partial charge in [-0.25, -0.2) is 13.8 Å². The third-order valence-electron chi connectivity index (χ3n) is 2.39. The average molecular weight is 233 g/mol. The molecular formula is C13H9F2NO. The summed E-state index contributed by atoms with van der Waals surface area (Å²) < 4.78 is 25.9. The number of halogens is 2. The highest BCUT2D eigenvalue weighted by molar-refractivity contribution is 6.07. The maximum Gasteiger partial charge on any atom is 0.211 e. The van der Waals surface area contributed by atoms with E-state index in [9.17, 15) is 13.6 Å². The second kappa shape index (κ2) is 4.41. The minimum absolute atomic E-state index is 0.0923. The number of hydrogen-bond donors (Lipinski definition) is 0. The zero-order valence-electron chi connectivity index (χ0n) is 9.08. The van der Waals surface area contributed by atoms with Gasteiger partial charge in [-0.2, -0.15) is 0 Å². The second-order valence-electron chi connectivity index (χ2n) is 3.65. The quantitative estimate of drug-likeness (QED) is 0.746. The van der Waals surface area contributed by atoms with E-state index in [0.29, 0.717) is 5.56 Å². The Hall–Kier alpha value is -2.10. The van der Waals surface area contributed by atoms with E-state index < -0.39 is 17.4 Å². The monoisotopic (exact) mass is 233 g/mol. The maximum atomic E-state index is 13.3. The van der Waals surface area contributed by atoms with Crippen LogP contribution in [-0.2, 0) is 0 Å². The van der Waals surface area contributed by atoms with E-state index in [-0.39, 0.29) is 11.3 Å². The molecule has 0 saturated carbocycles. The highest BCUT2D eigenvalue weighted by atomic mass is 19.1. The van der Waals surface area contributed by atoms with Crippen molar-refractivity contribution in [3.8, 4) is 0 Å². The van der Waals surface area contributed by atoms with E-state index in [1.165, 1.54) is 18.2 Å². The molecule has 0 N–H and O–H groups in total. The van der Waals surface area contributed by atoms with E-state index in [1.807, 2.05) is 0 Å². The molecule has 0 aliphatic heterocycles. The van der Waals surface area contributed by atoms with Gasteiger partial charge in [0.1, 0.15) is 17.3 Å². The number of aromatic nitrogens is 1. The SMILES string of the molecule is Cc1ccc(C(=O)c2ccc(F)cn2)cc1F. The highest BCUT2D eigenvalue weighted by Gasteiger charge is 2.12. The maximum absolute atomic E-state index is 13.3. The first-order valence-electron chi connectivity index (χ1n) is 5.00. The van der Waals surface area contributed by atoms with Crippen LogP contribution in [0, 0.1) is 18.6 Å². The van der Waals surface area contributed by atoms with Crippen LogP contribution in [0.3, 0.4) is 0 Å². The fraction of sp³-hybridized carbons (Fsp3) is 0.0769. The number of pyridine rings is 1. The number of rotatable bonds is 2. The Morgan fingerprint density at radius 1 is 1.18 bits per heavy atom. The summed E-state index contributed by atoms with van der Waals surface area (Å²) in [6.07, 6.45) is 0.956. The second-order valence-corrected chi connectivity index (χ2v) is 3.65. The first-order chi connectivity index (χ1) is 8.08. The summed E-state index contributed by atoms with van der Waals surface area (Å²) in [4.78, 5) is 15.5. The van der Waals surface area contributed by atoms with Gasteiger partial charge in [0.05, 0.1) is 6.20 Å². The molecule has 0 radical (unpaired) electrons. The molecule has 1 aromatic heterocycles. The molecule has 2 rings (SSSR count). The average Bonchev–Trinajstić information content (AvgIpc) is 2.33. The van der Waals surface area contributed by atoms with E-state index in [0.717, 1.165) is 18.3 Å². The molecule has 1 aromatic carbocycles. The molecule has 0 unspecified atom stereocenters. The topological polar surface area (TPSA) is 30.0 Å². The molecule has 17 heavy (non-hydrogen) atoms. The molecule has 0 fully saturated rings. The van der Waals surface area contributed by atoms with Crippen molar-refractivity contribution < 1.29 is 13.6 Å². The summed E-state index contributed by atoms with van der Waals surface area (Å²) in [5, 5.41) is 0. The summed E-state index contributed by atoms with van der Waals surface area (Å²) in [6, 6.07) is 6.61. The van der Waals surface area contributed by atoms with Gasteiger partial charge < -0.3 is 0 Å². The molecule has 86 valence electrons. The number of benzene rings is 1. The van der Waals surface area contributed by atoms with Crippen molar-refractivity contribution in [2.45, 2.75) is 6.92 Å². The predicted octanol–water partition coefficient (Wildman–Crippen LogP) is 2.90. The Kier molecular flexibility index (Phi) is 2.95. The molecule has 0 bridgehead atoms. The fourth-order valence-electron chi connectivity index (χ4n) is 1.39. The molecule has 0 saturated heterocycles. The molecule has 1 heterocycles. The van der Waals surface area contributed by atoms with Gasteiger partial charge in [0, 0.05) is 5.56 Å². The summed E-state index contributed by atoms with van der Waals surface area (Å²) in [6.45, 7) is 1.61. The third kappa shape index (κ3) is 2.36. The summed E-state index contributed by atoms with van der Waals surface area (Å²) >= 11 is 0. The van der Waals surface area contributed by atoms with Crippen LogP contribution in [0.4, 0.5) is 8.78 Å². The van der Waals surface area contributed by atoms with Gasteiger partial charge >= 0.3 is 0 Å². The highest BCUT2D eigenvalue weighted by Crippen LogP contribution is 2.13. The van der Waals surface area contributed by atoms with Gasteiger partial charge in [-0.3, -0.25) is 4.79 Å². The van der Waals surface area contributed by atoms with Gasteiger partial charge in [0.2, 0.25) is 5.78 Å². The number of nitrogens with zero attached hydrogens (tertiary/aromatic N) is 1. The number of aryl methyl sites for hydroxylation is 1. The lowest BCUT2D eigenvalue weighted by Gasteiger charge is -2.02. The molecule has 0 atom stereocenters. The molecule has 0 aliphatic carbocycles.